The minimum atomic E-state index is -0.333. The van der Waals surface area contributed by atoms with Gasteiger partial charge in [-0.2, -0.15) is 0 Å². The molecule has 1 aromatic carbocycles. The second-order valence-electron chi connectivity index (χ2n) is 7.04. The first-order chi connectivity index (χ1) is 14.5. The standard InChI is InChI=1S/C21H22Cl2N6O/c1-13(17-3-2-16(22)9-18(17)23)30-19-8-14(10-26-20(19)24)15-11-27-21(28-12-15)29-6-4-25-5-7-29/h2-3,8-13,25H,4-7H2,1H3,(H2,24,26). The number of aromatic nitrogens is 3. The van der Waals surface area contributed by atoms with Gasteiger partial charge in [-0.15, -0.1) is 0 Å². The predicted octanol–water partition coefficient (Wildman–Crippen LogP) is 3.98. The van der Waals surface area contributed by atoms with Crippen LogP contribution >= 0.6 is 23.2 Å². The van der Waals surface area contributed by atoms with Crippen molar-refractivity contribution >= 4 is 35.0 Å². The van der Waals surface area contributed by atoms with Crippen molar-refractivity contribution in [3.63, 3.8) is 0 Å². The summed E-state index contributed by atoms with van der Waals surface area (Å²) < 4.78 is 6.06. The van der Waals surface area contributed by atoms with Crippen molar-refractivity contribution < 1.29 is 4.74 Å². The Balaban J connectivity index is 1.54. The van der Waals surface area contributed by atoms with Crippen LogP contribution in [0, 0.1) is 0 Å². The first-order valence-corrected chi connectivity index (χ1v) is 10.4. The maximum Gasteiger partial charge on any atom is 0.225 e. The number of halogens is 2. The third-order valence-electron chi connectivity index (χ3n) is 4.96. The van der Waals surface area contributed by atoms with E-state index in [1.165, 1.54) is 0 Å². The molecule has 7 nitrogen and oxygen atoms in total. The number of benzene rings is 1. The van der Waals surface area contributed by atoms with Crippen molar-refractivity contribution in [3.05, 3.63) is 58.5 Å². The lowest BCUT2D eigenvalue weighted by Gasteiger charge is -2.27. The van der Waals surface area contributed by atoms with E-state index >= 15 is 0 Å². The Kier molecular flexibility index (Phi) is 6.22. The summed E-state index contributed by atoms with van der Waals surface area (Å²) in [4.78, 5) is 15.5. The number of anilines is 2. The first-order valence-electron chi connectivity index (χ1n) is 9.66. The number of nitrogens with two attached hydrogens (primary N) is 1. The van der Waals surface area contributed by atoms with E-state index < -0.39 is 0 Å². The van der Waals surface area contributed by atoms with Gasteiger partial charge < -0.3 is 20.7 Å². The van der Waals surface area contributed by atoms with Crippen molar-refractivity contribution in [3.8, 4) is 16.9 Å². The van der Waals surface area contributed by atoms with E-state index in [0.29, 0.717) is 21.6 Å². The monoisotopic (exact) mass is 444 g/mol. The molecule has 156 valence electrons. The van der Waals surface area contributed by atoms with Gasteiger partial charge in [-0.05, 0) is 25.1 Å². The molecule has 0 spiro atoms. The summed E-state index contributed by atoms with van der Waals surface area (Å²) >= 11 is 12.3. The smallest absolute Gasteiger partial charge is 0.225 e. The number of hydrogen-bond acceptors (Lipinski definition) is 7. The van der Waals surface area contributed by atoms with Gasteiger partial charge in [-0.25, -0.2) is 15.0 Å². The third-order valence-corrected chi connectivity index (χ3v) is 5.52. The van der Waals surface area contributed by atoms with E-state index in [4.69, 9.17) is 33.7 Å². The quantitative estimate of drug-likeness (QED) is 0.614. The largest absolute Gasteiger partial charge is 0.482 e. The highest BCUT2D eigenvalue weighted by Gasteiger charge is 2.16. The highest BCUT2D eigenvalue weighted by atomic mass is 35.5. The van der Waals surface area contributed by atoms with Gasteiger partial charge in [0.15, 0.2) is 11.6 Å². The minimum Gasteiger partial charge on any atom is -0.482 e. The molecule has 1 unspecified atom stereocenters. The van der Waals surface area contributed by atoms with Gasteiger partial charge in [0.25, 0.3) is 0 Å². The van der Waals surface area contributed by atoms with E-state index in [9.17, 15) is 0 Å². The number of ether oxygens (including phenoxy) is 1. The average Bonchev–Trinajstić information content (AvgIpc) is 2.76. The molecule has 0 radical (unpaired) electrons. The van der Waals surface area contributed by atoms with Crippen LogP contribution in [0.25, 0.3) is 11.1 Å². The van der Waals surface area contributed by atoms with Crippen LogP contribution in [0.5, 0.6) is 5.75 Å². The van der Waals surface area contributed by atoms with Crippen LogP contribution in [0.2, 0.25) is 10.0 Å². The highest BCUT2D eigenvalue weighted by molar-refractivity contribution is 6.35. The normalized spacial score (nSPS) is 15.1. The summed E-state index contributed by atoms with van der Waals surface area (Å²) in [7, 11) is 0. The molecule has 1 aliphatic rings. The zero-order valence-electron chi connectivity index (χ0n) is 16.5. The van der Waals surface area contributed by atoms with Gasteiger partial charge in [-0.1, -0.05) is 29.3 Å². The summed E-state index contributed by atoms with van der Waals surface area (Å²) in [6, 6.07) is 7.14. The molecule has 4 rings (SSSR count). The predicted molar refractivity (Wildman–Crippen MR) is 120 cm³/mol. The molecule has 1 aliphatic heterocycles. The molecule has 0 saturated carbocycles. The molecule has 3 N–H and O–H groups in total. The highest BCUT2D eigenvalue weighted by Crippen LogP contribution is 2.33. The Labute approximate surface area is 185 Å². The van der Waals surface area contributed by atoms with E-state index in [-0.39, 0.29) is 6.10 Å². The van der Waals surface area contributed by atoms with Crippen LogP contribution < -0.4 is 20.7 Å². The topological polar surface area (TPSA) is 89.2 Å². The molecule has 0 bridgehead atoms. The van der Waals surface area contributed by atoms with E-state index in [0.717, 1.165) is 48.8 Å². The Morgan fingerprint density at radius 3 is 2.43 bits per heavy atom. The number of piperazine rings is 1. The van der Waals surface area contributed by atoms with Crippen LogP contribution in [0.1, 0.15) is 18.6 Å². The lowest BCUT2D eigenvalue weighted by atomic mass is 10.1. The minimum absolute atomic E-state index is 0.300. The molecule has 2 aromatic heterocycles. The van der Waals surface area contributed by atoms with Gasteiger partial charge in [0.2, 0.25) is 5.95 Å². The van der Waals surface area contributed by atoms with Crippen molar-refractivity contribution in [1.82, 2.24) is 20.3 Å². The SMILES string of the molecule is CC(Oc1cc(-c2cnc(N3CCNCC3)nc2)cnc1N)c1ccc(Cl)cc1Cl. The van der Waals surface area contributed by atoms with E-state index in [1.54, 1.807) is 30.7 Å². The maximum absolute atomic E-state index is 6.30. The lowest BCUT2D eigenvalue weighted by molar-refractivity contribution is 0.228. The van der Waals surface area contributed by atoms with Crippen molar-refractivity contribution in [2.24, 2.45) is 0 Å². The number of hydrogen-bond donors (Lipinski definition) is 2. The number of nitrogens with zero attached hydrogens (tertiary/aromatic N) is 4. The fourth-order valence-electron chi connectivity index (χ4n) is 3.29. The molecular formula is C21H22Cl2N6O. The van der Waals surface area contributed by atoms with Gasteiger partial charge in [0.1, 0.15) is 6.10 Å². The van der Waals surface area contributed by atoms with Gasteiger partial charge in [0.05, 0.1) is 0 Å². The average molecular weight is 445 g/mol. The van der Waals surface area contributed by atoms with Crippen molar-refractivity contribution in [2.45, 2.75) is 13.0 Å². The number of rotatable bonds is 5. The fourth-order valence-corrected chi connectivity index (χ4v) is 3.85. The molecule has 3 aromatic rings. The molecule has 3 heterocycles. The summed E-state index contributed by atoms with van der Waals surface area (Å²) in [5.41, 5.74) is 8.51. The Hall–Kier alpha value is -2.61. The van der Waals surface area contributed by atoms with E-state index in [1.807, 2.05) is 19.1 Å². The molecule has 1 atom stereocenters. The molecule has 30 heavy (non-hydrogen) atoms. The second-order valence-corrected chi connectivity index (χ2v) is 7.89. The fraction of sp³-hybridized carbons (Fsp3) is 0.286. The molecule has 9 heteroatoms. The first kappa shape index (κ1) is 20.7. The second kappa shape index (κ2) is 9.04. The zero-order valence-corrected chi connectivity index (χ0v) is 18.0. The number of nitrogen functional groups attached to an aromatic ring is 1. The molecular weight excluding hydrogens is 423 g/mol. The van der Waals surface area contributed by atoms with Crippen LogP contribution in [0.4, 0.5) is 11.8 Å². The Morgan fingerprint density at radius 1 is 1.03 bits per heavy atom. The molecule has 1 saturated heterocycles. The summed E-state index contributed by atoms with van der Waals surface area (Å²) in [5.74, 6) is 1.50. The van der Waals surface area contributed by atoms with Crippen LogP contribution in [0.15, 0.2) is 42.9 Å². The van der Waals surface area contributed by atoms with Gasteiger partial charge in [-0.3, -0.25) is 0 Å². The van der Waals surface area contributed by atoms with Gasteiger partial charge in [0, 0.05) is 71.5 Å². The lowest BCUT2D eigenvalue weighted by Crippen LogP contribution is -2.44. The Morgan fingerprint density at radius 2 is 1.73 bits per heavy atom. The number of nitrogens with one attached hydrogen (secondary N) is 1. The molecule has 1 fully saturated rings. The van der Waals surface area contributed by atoms with Crippen molar-refractivity contribution in [2.75, 3.05) is 36.8 Å². The maximum atomic E-state index is 6.30. The van der Waals surface area contributed by atoms with E-state index in [2.05, 4.69) is 25.2 Å². The van der Waals surface area contributed by atoms with Crippen LogP contribution in [-0.4, -0.2) is 41.1 Å². The third kappa shape index (κ3) is 4.59. The molecule has 0 aliphatic carbocycles. The Bertz CT molecular complexity index is 1020. The summed E-state index contributed by atoms with van der Waals surface area (Å²) in [6.45, 7) is 5.55. The van der Waals surface area contributed by atoms with Crippen molar-refractivity contribution in [1.29, 1.82) is 0 Å². The van der Waals surface area contributed by atoms with Crippen LogP contribution in [0.3, 0.4) is 0 Å². The van der Waals surface area contributed by atoms with Crippen LogP contribution in [-0.2, 0) is 0 Å². The zero-order chi connectivity index (χ0) is 21.1. The summed E-state index contributed by atoms with van der Waals surface area (Å²) in [5, 5.41) is 4.43. The number of pyridine rings is 1. The van der Waals surface area contributed by atoms with Gasteiger partial charge >= 0.3 is 0 Å². The molecule has 0 amide bonds. The summed E-state index contributed by atoms with van der Waals surface area (Å²) in [6.07, 6.45) is 4.94.